The highest BCUT2D eigenvalue weighted by molar-refractivity contribution is 7.80. The molecule has 0 fully saturated rings. The molecule has 0 aliphatic rings. The van der Waals surface area contributed by atoms with E-state index in [-0.39, 0.29) is 19.8 Å². The fourth-order valence-corrected chi connectivity index (χ4v) is 12.1. The summed E-state index contributed by atoms with van der Waals surface area (Å²) in [5, 5.41) is 0. The third-order valence-electron chi connectivity index (χ3n) is 5.18. The average Bonchev–Trinajstić information content (AvgIpc) is 2.91. The first kappa shape index (κ1) is 28.7. The van der Waals surface area contributed by atoms with E-state index in [0.717, 1.165) is 16.7 Å². The highest BCUT2D eigenvalue weighted by atomic mass is 31.3. The topological polar surface area (TPSA) is 97.4 Å². The van der Waals surface area contributed by atoms with E-state index < -0.39 is 34.4 Å². The first-order valence-corrected chi connectivity index (χ1v) is 16.7. The van der Waals surface area contributed by atoms with Crippen LogP contribution < -0.4 is 0 Å². The van der Waals surface area contributed by atoms with Gasteiger partial charge in [0.15, 0.2) is 0 Å². The molecule has 0 aromatic heterocycles. The van der Waals surface area contributed by atoms with Crippen LogP contribution in [0.4, 0.5) is 0 Å². The molecular weight excluding hydrogens is 521 g/mol. The highest BCUT2D eigenvalue weighted by Crippen LogP contribution is 2.70. The van der Waals surface area contributed by atoms with Crippen molar-refractivity contribution in [3.63, 3.8) is 0 Å². The Morgan fingerprint density at radius 3 is 1.19 bits per heavy atom. The molecule has 3 aromatic rings. The van der Waals surface area contributed by atoms with E-state index in [9.17, 15) is 13.7 Å². The van der Waals surface area contributed by atoms with Gasteiger partial charge in [0.1, 0.15) is 11.8 Å². The van der Waals surface area contributed by atoms with Gasteiger partial charge >= 0.3 is 15.2 Å². The summed E-state index contributed by atoms with van der Waals surface area (Å²) in [5.41, 5.74) is 2.27. The number of hydrogen-bond acceptors (Lipinski definition) is 8. The summed E-state index contributed by atoms with van der Waals surface area (Å²) in [4.78, 5) is 0. The van der Waals surface area contributed by atoms with Gasteiger partial charge in [-0.05, 0) is 16.7 Å². The maximum Gasteiger partial charge on any atom is 0.340 e. The fraction of sp³-hybridized carbons (Fsp3) is 0.280. The highest BCUT2D eigenvalue weighted by Gasteiger charge is 2.43. The lowest BCUT2D eigenvalue weighted by Gasteiger charge is -2.26. The summed E-state index contributed by atoms with van der Waals surface area (Å²) in [5.74, 6) is -1.17. The van der Waals surface area contributed by atoms with Crippen molar-refractivity contribution in [3.8, 4) is 0 Å². The number of benzene rings is 3. The minimum absolute atomic E-state index is 0.0300. The lowest BCUT2D eigenvalue weighted by molar-refractivity contribution is 0.193. The minimum atomic E-state index is -4.02. The van der Waals surface area contributed by atoms with Gasteiger partial charge in [0, 0.05) is 14.2 Å². The van der Waals surface area contributed by atoms with E-state index in [0.29, 0.717) is 0 Å². The van der Waals surface area contributed by atoms with Crippen molar-refractivity contribution in [3.05, 3.63) is 108 Å². The van der Waals surface area contributed by atoms with Crippen LogP contribution in [-0.4, -0.2) is 26.0 Å². The molecule has 0 aliphatic carbocycles. The van der Waals surface area contributed by atoms with Crippen LogP contribution in [0.25, 0.3) is 0 Å². The van der Waals surface area contributed by atoms with Gasteiger partial charge in [0.25, 0.3) is 0 Å². The maximum absolute atomic E-state index is 14.1. The van der Waals surface area contributed by atoms with Crippen molar-refractivity contribution >= 4 is 22.6 Å². The van der Waals surface area contributed by atoms with E-state index in [1.54, 1.807) is 12.1 Å². The Hall–Kier alpha value is -1.85. The third-order valence-corrected chi connectivity index (χ3v) is 14.2. The molecule has 0 bridgehead atoms. The van der Waals surface area contributed by atoms with Crippen molar-refractivity contribution in [1.29, 1.82) is 0 Å². The molecule has 0 radical (unpaired) electrons. The quantitative estimate of drug-likeness (QED) is 0.179. The molecule has 3 rings (SSSR count). The van der Waals surface area contributed by atoms with E-state index in [2.05, 4.69) is 0 Å². The van der Waals surface area contributed by atoms with Crippen LogP contribution in [0.1, 0.15) is 16.7 Å². The van der Waals surface area contributed by atoms with E-state index in [4.69, 9.17) is 22.6 Å². The zero-order valence-corrected chi connectivity index (χ0v) is 23.0. The monoisotopic (exact) mass is 552 g/mol. The zero-order chi connectivity index (χ0) is 25.9. The molecule has 0 spiro atoms. The molecule has 8 nitrogen and oxygen atoms in total. The van der Waals surface area contributed by atoms with Crippen LogP contribution in [-0.2, 0) is 56.1 Å². The molecule has 36 heavy (non-hydrogen) atoms. The first-order valence-electron chi connectivity index (χ1n) is 11.2. The van der Waals surface area contributed by atoms with E-state index in [1.807, 2.05) is 78.9 Å². The van der Waals surface area contributed by atoms with Gasteiger partial charge < -0.3 is 22.6 Å². The maximum atomic E-state index is 14.1. The lowest BCUT2D eigenvalue weighted by Crippen LogP contribution is -2.08. The second-order valence-electron chi connectivity index (χ2n) is 7.96. The normalized spacial score (nSPS) is 13.8. The summed E-state index contributed by atoms with van der Waals surface area (Å²) < 4.78 is 68.4. The summed E-state index contributed by atoms with van der Waals surface area (Å²) in [7, 11) is -9.34. The first-order chi connectivity index (χ1) is 17.3. The van der Waals surface area contributed by atoms with Gasteiger partial charge in [-0.15, -0.1) is 0 Å². The van der Waals surface area contributed by atoms with Crippen molar-refractivity contribution < 1.29 is 36.3 Å². The average molecular weight is 552 g/mol. The third kappa shape index (κ3) is 9.23. The van der Waals surface area contributed by atoms with Gasteiger partial charge in [0.05, 0.1) is 19.8 Å². The van der Waals surface area contributed by atoms with E-state index in [1.165, 1.54) is 14.2 Å². The molecule has 0 heterocycles. The van der Waals surface area contributed by atoms with Crippen LogP contribution in [0.15, 0.2) is 91.0 Å². The molecular formula is C25H31O8P3. The molecule has 0 aliphatic heterocycles. The van der Waals surface area contributed by atoms with Crippen molar-refractivity contribution in [2.24, 2.45) is 0 Å². The Morgan fingerprint density at radius 2 is 0.833 bits per heavy atom. The molecule has 11 heteroatoms. The Balaban J connectivity index is 1.86. The van der Waals surface area contributed by atoms with Gasteiger partial charge in [-0.3, -0.25) is 13.7 Å². The van der Waals surface area contributed by atoms with Gasteiger partial charge in [-0.2, -0.15) is 0 Å². The second-order valence-corrected chi connectivity index (χ2v) is 15.8. The van der Waals surface area contributed by atoms with Crippen LogP contribution in [0, 0.1) is 0 Å². The number of hydrogen-bond donors (Lipinski definition) is 0. The molecule has 0 amide bonds. The SMILES string of the molecule is COP(=O)(CP(=O)(CP(=O)(OCc1ccccc1)OCc1ccccc1)OCc1ccccc1)OC. The molecule has 194 valence electrons. The van der Waals surface area contributed by atoms with Crippen molar-refractivity contribution in [2.45, 2.75) is 19.8 Å². The number of rotatable bonds is 15. The molecule has 0 N–H and O–H groups in total. The zero-order valence-electron chi connectivity index (χ0n) is 20.3. The van der Waals surface area contributed by atoms with Crippen LogP contribution >= 0.6 is 22.6 Å². The Morgan fingerprint density at radius 1 is 0.500 bits per heavy atom. The standard InChI is InChI=1S/C25H31O8P3/c1-29-35(27,30-2)21-34(26,31-18-23-12-6-3-7-13-23)22-36(28,32-19-24-14-8-4-9-15-24)33-20-25-16-10-5-11-17-25/h3-17H,18-22H2,1-2H3. The summed E-state index contributed by atoms with van der Waals surface area (Å²) in [6, 6.07) is 27.4. The Kier molecular flexibility index (Phi) is 10.9. The minimum Gasteiger partial charge on any atom is -0.323 e. The largest absolute Gasteiger partial charge is 0.340 e. The van der Waals surface area contributed by atoms with Gasteiger partial charge in [0.2, 0.25) is 7.37 Å². The van der Waals surface area contributed by atoms with Crippen LogP contribution in [0.5, 0.6) is 0 Å². The van der Waals surface area contributed by atoms with Gasteiger partial charge in [-0.25, -0.2) is 0 Å². The van der Waals surface area contributed by atoms with Crippen LogP contribution in [0.2, 0.25) is 0 Å². The van der Waals surface area contributed by atoms with Crippen molar-refractivity contribution in [2.75, 3.05) is 26.0 Å². The summed E-state index contributed by atoms with van der Waals surface area (Å²) in [6.45, 7) is -0.113. The fourth-order valence-electron chi connectivity index (χ4n) is 3.22. The Bertz CT molecular complexity index is 1150. The summed E-state index contributed by atoms with van der Waals surface area (Å²) in [6.07, 6.45) is 0. The van der Waals surface area contributed by atoms with Crippen molar-refractivity contribution in [1.82, 2.24) is 0 Å². The molecule has 0 saturated heterocycles. The molecule has 0 saturated carbocycles. The molecule has 1 unspecified atom stereocenters. The summed E-state index contributed by atoms with van der Waals surface area (Å²) >= 11 is 0. The van der Waals surface area contributed by atoms with Crippen LogP contribution in [0.3, 0.4) is 0 Å². The molecule has 3 aromatic carbocycles. The smallest absolute Gasteiger partial charge is 0.323 e. The van der Waals surface area contributed by atoms with E-state index >= 15 is 0 Å². The lowest BCUT2D eigenvalue weighted by atomic mass is 10.2. The predicted octanol–water partition coefficient (Wildman–Crippen LogP) is 7.51. The Labute approximate surface area is 212 Å². The molecule has 1 atom stereocenters. The predicted molar refractivity (Wildman–Crippen MR) is 140 cm³/mol. The van der Waals surface area contributed by atoms with Gasteiger partial charge in [-0.1, -0.05) is 91.0 Å². The second kappa shape index (κ2) is 13.6.